The number of rotatable bonds is 6. The highest BCUT2D eigenvalue weighted by atomic mass is 19.1. The summed E-state index contributed by atoms with van der Waals surface area (Å²) < 4.78 is 19.6. The quantitative estimate of drug-likeness (QED) is 0.394. The number of ketones is 1. The van der Waals surface area contributed by atoms with Crippen molar-refractivity contribution in [3.8, 4) is 11.3 Å². The van der Waals surface area contributed by atoms with Crippen LogP contribution < -0.4 is 5.56 Å². The number of aromatic nitrogens is 2. The highest BCUT2D eigenvalue weighted by Crippen LogP contribution is 2.31. The molecule has 1 N–H and O–H groups in total. The van der Waals surface area contributed by atoms with Crippen LogP contribution in [0.15, 0.2) is 77.7 Å². The number of hydrogen-bond acceptors (Lipinski definition) is 4. The fraction of sp³-hybridized carbons (Fsp3) is 0.0870. The van der Waals surface area contributed by atoms with E-state index in [1.165, 1.54) is 29.0 Å². The largest absolute Gasteiger partial charge is 0.456 e. The predicted octanol–water partition coefficient (Wildman–Crippen LogP) is 3.56. The Kier molecular flexibility index (Phi) is 5.26. The van der Waals surface area contributed by atoms with Gasteiger partial charge in [-0.1, -0.05) is 24.3 Å². The van der Waals surface area contributed by atoms with E-state index >= 15 is 0 Å². The van der Waals surface area contributed by atoms with Crippen molar-refractivity contribution in [2.75, 3.05) is 6.61 Å². The summed E-state index contributed by atoms with van der Waals surface area (Å²) in [5, 5.41) is 0.678. The van der Waals surface area contributed by atoms with E-state index in [-0.39, 0.29) is 17.9 Å². The second-order valence-electron chi connectivity index (χ2n) is 6.68. The average molecular weight is 404 g/mol. The smallest absolute Gasteiger partial charge is 0.326 e. The number of nitrogens with one attached hydrogen (secondary N) is 1. The molecular formula is C23H17FN2O4. The number of pyridine rings is 1. The van der Waals surface area contributed by atoms with Crippen molar-refractivity contribution < 1.29 is 18.7 Å². The molecule has 0 bridgehead atoms. The third kappa shape index (κ3) is 3.91. The van der Waals surface area contributed by atoms with Gasteiger partial charge in [0.15, 0.2) is 6.61 Å². The van der Waals surface area contributed by atoms with Crippen molar-refractivity contribution in [2.45, 2.75) is 6.54 Å². The first-order valence-corrected chi connectivity index (χ1v) is 9.24. The summed E-state index contributed by atoms with van der Waals surface area (Å²) in [4.78, 5) is 40.0. The molecule has 0 aliphatic heterocycles. The zero-order valence-electron chi connectivity index (χ0n) is 15.8. The molecule has 0 fully saturated rings. The number of nitrogens with zero attached hydrogens (tertiary/aromatic N) is 1. The maximum Gasteiger partial charge on any atom is 0.326 e. The number of H-pyrrole nitrogens is 1. The number of Topliss-reactive ketones (excluding diaryl/α,β-unsaturated/α-hetero) is 1. The standard InChI is InChI=1S/C23H17FN2O4/c24-16-10-8-15(9-11-16)23-22(17-5-1-2-6-18(17)25-23)19(27)14-30-21(29)13-26-12-4-3-7-20(26)28/h1-12,25H,13-14H2. The summed E-state index contributed by atoms with van der Waals surface area (Å²) in [6, 6.07) is 17.6. The van der Waals surface area contributed by atoms with Crippen LogP contribution in [0.3, 0.4) is 0 Å². The Labute approximate surface area is 170 Å². The van der Waals surface area contributed by atoms with Crippen molar-refractivity contribution >= 4 is 22.7 Å². The van der Waals surface area contributed by atoms with E-state index in [1.54, 1.807) is 36.4 Å². The molecule has 4 rings (SSSR count). The number of ether oxygens (including phenoxy) is 1. The zero-order valence-corrected chi connectivity index (χ0v) is 15.8. The van der Waals surface area contributed by atoms with Crippen LogP contribution in [0.4, 0.5) is 4.39 Å². The van der Waals surface area contributed by atoms with E-state index in [0.717, 1.165) is 5.52 Å². The molecule has 0 saturated carbocycles. The van der Waals surface area contributed by atoms with Crippen LogP contribution in [-0.4, -0.2) is 27.9 Å². The Hall–Kier alpha value is -4.00. The first-order chi connectivity index (χ1) is 14.5. The molecule has 0 spiro atoms. The van der Waals surface area contributed by atoms with Crippen LogP contribution in [0, 0.1) is 5.82 Å². The van der Waals surface area contributed by atoms with Gasteiger partial charge in [-0.05, 0) is 42.0 Å². The van der Waals surface area contributed by atoms with Crippen molar-refractivity contribution in [3.63, 3.8) is 0 Å². The van der Waals surface area contributed by atoms with E-state index < -0.39 is 18.4 Å². The number of para-hydroxylation sites is 1. The van der Waals surface area contributed by atoms with Gasteiger partial charge in [0.05, 0.1) is 11.3 Å². The Morgan fingerprint density at radius 1 is 0.967 bits per heavy atom. The summed E-state index contributed by atoms with van der Waals surface area (Å²) in [6.45, 7) is -0.762. The van der Waals surface area contributed by atoms with E-state index in [4.69, 9.17) is 4.74 Å². The normalized spacial score (nSPS) is 10.8. The molecule has 0 amide bonds. The number of benzene rings is 2. The topological polar surface area (TPSA) is 81.2 Å². The lowest BCUT2D eigenvalue weighted by Gasteiger charge is -2.08. The summed E-state index contributed by atoms with van der Waals surface area (Å²) in [6.07, 6.45) is 1.47. The van der Waals surface area contributed by atoms with Crippen LogP contribution in [0.5, 0.6) is 0 Å². The van der Waals surface area contributed by atoms with Gasteiger partial charge in [-0.15, -0.1) is 0 Å². The van der Waals surface area contributed by atoms with Gasteiger partial charge in [0, 0.05) is 23.2 Å². The lowest BCUT2D eigenvalue weighted by molar-refractivity contribution is -0.143. The summed E-state index contributed by atoms with van der Waals surface area (Å²) >= 11 is 0. The van der Waals surface area contributed by atoms with Crippen molar-refractivity contribution in [2.24, 2.45) is 0 Å². The van der Waals surface area contributed by atoms with Gasteiger partial charge in [-0.25, -0.2) is 4.39 Å². The molecule has 0 aliphatic carbocycles. The molecule has 0 aliphatic rings. The highest BCUT2D eigenvalue weighted by Gasteiger charge is 2.21. The van der Waals surface area contributed by atoms with Gasteiger partial charge in [0.25, 0.3) is 5.56 Å². The lowest BCUT2D eigenvalue weighted by atomic mass is 10.0. The van der Waals surface area contributed by atoms with Crippen LogP contribution in [0.2, 0.25) is 0 Å². The van der Waals surface area contributed by atoms with E-state index in [1.807, 2.05) is 12.1 Å². The number of aromatic amines is 1. The predicted molar refractivity (Wildman–Crippen MR) is 110 cm³/mol. The van der Waals surface area contributed by atoms with Crippen molar-refractivity contribution in [3.05, 3.63) is 94.7 Å². The summed E-state index contributed by atoms with van der Waals surface area (Å²) in [7, 11) is 0. The molecule has 7 heteroatoms. The van der Waals surface area contributed by atoms with E-state index in [0.29, 0.717) is 22.2 Å². The number of fused-ring (bicyclic) bond motifs is 1. The first-order valence-electron chi connectivity index (χ1n) is 9.24. The van der Waals surface area contributed by atoms with Crippen molar-refractivity contribution in [1.82, 2.24) is 9.55 Å². The molecule has 30 heavy (non-hydrogen) atoms. The highest BCUT2D eigenvalue weighted by molar-refractivity contribution is 6.14. The SMILES string of the molecule is O=C(Cn1ccccc1=O)OCC(=O)c1c(-c2ccc(F)cc2)[nH]c2ccccc12. The number of hydrogen-bond donors (Lipinski definition) is 1. The van der Waals surface area contributed by atoms with E-state index in [2.05, 4.69) is 4.98 Å². The van der Waals surface area contributed by atoms with Crippen molar-refractivity contribution in [1.29, 1.82) is 0 Å². The van der Waals surface area contributed by atoms with Gasteiger partial charge in [0.2, 0.25) is 5.78 Å². The molecule has 0 saturated heterocycles. The van der Waals surface area contributed by atoms with Gasteiger partial charge < -0.3 is 14.3 Å². The van der Waals surface area contributed by atoms with Gasteiger partial charge in [-0.3, -0.25) is 14.4 Å². The second kappa shape index (κ2) is 8.16. The third-order valence-electron chi connectivity index (χ3n) is 4.68. The molecule has 2 aromatic heterocycles. The fourth-order valence-corrected chi connectivity index (χ4v) is 3.26. The Bertz CT molecular complexity index is 1290. The molecule has 150 valence electrons. The van der Waals surface area contributed by atoms with E-state index in [9.17, 15) is 18.8 Å². The van der Waals surface area contributed by atoms with Crippen LogP contribution in [-0.2, 0) is 16.1 Å². The Balaban J connectivity index is 1.59. The number of halogens is 1. The zero-order chi connectivity index (χ0) is 21.1. The summed E-state index contributed by atoms with van der Waals surface area (Å²) in [5.74, 6) is -1.48. The number of carbonyl (C=O) groups excluding carboxylic acids is 2. The number of carbonyl (C=O) groups is 2. The van der Waals surface area contributed by atoms with Gasteiger partial charge in [0.1, 0.15) is 12.4 Å². The molecule has 6 nitrogen and oxygen atoms in total. The molecule has 0 atom stereocenters. The lowest BCUT2D eigenvalue weighted by Crippen LogP contribution is -2.25. The van der Waals surface area contributed by atoms with Crippen LogP contribution in [0.1, 0.15) is 10.4 Å². The molecule has 2 aromatic carbocycles. The molecule has 4 aromatic rings. The minimum atomic E-state index is -0.695. The second-order valence-corrected chi connectivity index (χ2v) is 6.68. The fourth-order valence-electron chi connectivity index (χ4n) is 3.26. The number of esters is 1. The van der Waals surface area contributed by atoms with Crippen LogP contribution >= 0.6 is 0 Å². The summed E-state index contributed by atoms with van der Waals surface area (Å²) in [5.41, 5.74) is 1.93. The first kappa shape index (κ1) is 19.3. The minimum Gasteiger partial charge on any atom is -0.456 e. The average Bonchev–Trinajstić information content (AvgIpc) is 3.14. The molecular weight excluding hydrogens is 387 g/mol. The minimum absolute atomic E-state index is 0.286. The molecule has 0 unspecified atom stereocenters. The third-order valence-corrected chi connectivity index (χ3v) is 4.68. The Morgan fingerprint density at radius 2 is 1.70 bits per heavy atom. The Morgan fingerprint density at radius 3 is 2.47 bits per heavy atom. The van der Waals surface area contributed by atoms with Gasteiger partial charge in [-0.2, -0.15) is 0 Å². The molecule has 2 heterocycles. The van der Waals surface area contributed by atoms with Gasteiger partial charge >= 0.3 is 5.97 Å². The maximum absolute atomic E-state index is 13.3. The maximum atomic E-state index is 13.3. The molecule has 0 radical (unpaired) electrons. The monoisotopic (exact) mass is 404 g/mol. The van der Waals surface area contributed by atoms with Crippen LogP contribution in [0.25, 0.3) is 22.2 Å².